The molecule has 1 aromatic heterocycles. The zero-order chi connectivity index (χ0) is 15.5. The molecule has 0 spiro atoms. The lowest BCUT2D eigenvalue weighted by molar-refractivity contribution is 0.0996. The van der Waals surface area contributed by atoms with Crippen LogP contribution in [0.1, 0.15) is 10.6 Å². The van der Waals surface area contributed by atoms with E-state index < -0.39 is 23.2 Å². The largest absolute Gasteiger partial charge is 0.438 e. The third-order valence-corrected chi connectivity index (χ3v) is 3.02. The number of nitrogens with zero attached hydrogens (tertiary/aromatic N) is 1. The van der Waals surface area contributed by atoms with Crippen molar-refractivity contribution in [3.8, 4) is 11.3 Å². The molecule has 1 amide bonds. The summed E-state index contributed by atoms with van der Waals surface area (Å²) in [5, 5.41) is 2.17. The number of benzene rings is 2. The second kappa shape index (κ2) is 5.77. The fourth-order valence-electron chi connectivity index (χ4n) is 2.00. The highest BCUT2D eigenvalue weighted by Gasteiger charge is 2.21. The Kier molecular flexibility index (Phi) is 3.65. The summed E-state index contributed by atoms with van der Waals surface area (Å²) in [6.45, 7) is 0. The number of oxazole rings is 1. The average Bonchev–Trinajstić information content (AvgIpc) is 3.01. The van der Waals surface area contributed by atoms with Gasteiger partial charge in [0.05, 0.1) is 0 Å². The third kappa shape index (κ3) is 2.58. The minimum absolute atomic E-state index is 0.117. The van der Waals surface area contributed by atoms with E-state index in [2.05, 4.69) is 10.3 Å². The number of halogens is 2. The van der Waals surface area contributed by atoms with Crippen LogP contribution in [0.3, 0.4) is 0 Å². The lowest BCUT2D eigenvalue weighted by Crippen LogP contribution is -2.14. The Labute approximate surface area is 124 Å². The molecule has 0 atom stereocenters. The molecule has 3 aromatic rings. The molecule has 0 radical (unpaired) electrons. The van der Waals surface area contributed by atoms with Gasteiger partial charge in [0.1, 0.15) is 23.0 Å². The number of hydrogen-bond acceptors (Lipinski definition) is 3. The molecule has 6 heteroatoms. The Bertz CT molecular complexity index is 796. The smallest absolute Gasteiger partial charge is 0.293 e. The van der Waals surface area contributed by atoms with Gasteiger partial charge in [-0.1, -0.05) is 36.4 Å². The predicted octanol–water partition coefficient (Wildman–Crippen LogP) is 3.87. The molecule has 3 rings (SSSR count). The zero-order valence-electron chi connectivity index (χ0n) is 11.2. The van der Waals surface area contributed by atoms with Crippen molar-refractivity contribution in [2.75, 3.05) is 5.32 Å². The van der Waals surface area contributed by atoms with Crippen molar-refractivity contribution >= 4 is 11.6 Å². The van der Waals surface area contributed by atoms with E-state index in [4.69, 9.17) is 4.42 Å². The summed E-state index contributed by atoms with van der Waals surface area (Å²) in [6, 6.07) is 12.2. The molecule has 110 valence electrons. The molecule has 0 saturated heterocycles. The third-order valence-electron chi connectivity index (χ3n) is 3.02. The summed E-state index contributed by atoms with van der Waals surface area (Å²) in [4.78, 5) is 16.2. The maximum absolute atomic E-state index is 13.6. The molecule has 0 aliphatic carbocycles. The van der Waals surface area contributed by atoms with E-state index in [0.717, 1.165) is 18.5 Å². The first-order valence-electron chi connectivity index (χ1n) is 6.41. The molecule has 0 aliphatic heterocycles. The number of amides is 1. The van der Waals surface area contributed by atoms with Crippen molar-refractivity contribution in [3.05, 3.63) is 72.3 Å². The van der Waals surface area contributed by atoms with Gasteiger partial charge in [-0.05, 0) is 12.1 Å². The van der Waals surface area contributed by atoms with Crippen molar-refractivity contribution in [2.45, 2.75) is 0 Å². The highest BCUT2D eigenvalue weighted by atomic mass is 19.1. The molecule has 0 fully saturated rings. The van der Waals surface area contributed by atoms with Crippen LogP contribution in [0.25, 0.3) is 11.3 Å². The summed E-state index contributed by atoms with van der Waals surface area (Å²) in [7, 11) is 0. The number of hydrogen-bond donors (Lipinski definition) is 1. The molecule has 0 unspecified atom stereocenters. The second-order valence-corrected chi connectivity index (χ2v) is 4.45. The Hall–Kier alpha value is -3.02. The Morgan fingerprint density at radius 2 is 1.68 bits per heavy atom. The van der Waals surface area contributed by atoms with E-state index in [1.807, 2.05) is 6.07 Å². The predicted molar refractivity (Wildman–Crippen MR) is 76.3 cm³/mol. The van der Waals surface area contributed by atoms with Crippen LogP contribution in [0.5, 0.6) is 0 Å². The van der Waals surface area contributed by atoms with Crippen LogP contribution in [0.4, 0.5) is 14.5 Å². The average molecular weight is 300 g/mol. The van der Waals surface area contributed by atoms with Crippen molar-refractivity contribution in [1.82, 2.24) is 4.98 Å². The number of para-hydroxylation sites is 1. The minimum atomic E-state index is -0.867. The van der Waals surface area contributed by atoms with E-state index >= 15 is 0 Å². The lowest BCUT2D eigenvalue weighted by Gasteiger charge is -2.06. The zero-order valence-corrected chi connectivity index (χ0v) is 11.2. The Morgan fingerprint density at radius 1 is 1.00 bits per heavy atom. The quantitative estimate of drug-likeness (QED) is 0.798. The summed E-state index contributed by atoms with van der Waals surface area (Å²) < 4.78 is 32.2. The van der Waals surface area contributed by atoms with Crippen LogP contribution in [0.15, 0.2) is 59.3 Å². The van der Waals surface area contributed by atoms with Crippen molar-refractivity contribution in [1.29, 1.82) is 0 Å². The molecule has 1 N–H and O–H groups in total. The van der Waals surface area contributed by atoms with Crippen molar-refractivity contribution in [3.63, 3.8) is 0 Å². The number of carbonyl (C=O) groups is 1. The van der Waals surface area contributed by atoms with Gasteiger partial charge in [-0.25, -0.2) is 13.8 Å². The van der Waals surface area contributed by atoms with Crippen molar-refractivity contribution < 1.29 is 18.0 Å². The highest BCUT2D eigenvalue weighted by molar-refractivity contribution is 6.06. The fourth-order valence-corrected chi connectivity index (χ4v) is 2.00. The van der Waals surface area contributed by atoms with Gasteiger partial charge in [0.15, 0.2) is 6.39 Å². The molecule has 0 bridgehead atoms. The van der Waals surface area contributed by atoms with E-state index in [0.29, 0.717) is 11.3 Å². The number of rotatable bonds is 3. The first-order chi connectivity index (χ1) is 10.7. The van der Waals surface area contributed by atoms with Crippen LogP contribution < -0.4 is 5.32 Å². The van der Waals surface area contributed by atoms with E-state index in [1.165, 1.54) is 6.07 Å². The molecule has 0 aliphatic rings. The van der Waals surface area contributed by atoms with Crippen LogP contribution in [-0.2, 0) is 0 Å². The Balaban J connectivity index is 1.93. The van der Waals surface area contributed by atoms with E-state index in [9.17, 15) is 13.6 Å². The summed E-state index contributed by atoms with van der Waals surface area (Å²) in [5.74, 6) is -2.63. The molecular formula is C16H10F2N2O2. The first kappa shape index (κ1) is 13.9. The van der Waals surface area contributed by atoms with Gasteiger partial charge in [0.2, 0.25) is 5.76 Å². The fraction of sp³-hybridized carbons (Fsp3) is 0. The molecule has 22 heavy (non-hydrogen) atoms. The standard InChI is InChI=1S/C16H10F2N2O2/c17-11-7-4-8-12(18)14(11)20-16(21)15-13(19-9-22-15)10-5-2-1-3-6-10/h1-9H,(H,20,21). The summed E-state index contributed by atoms with van der Waals surface area (Å²) in [6.07, 6.45) is 1.11. The van der Waals surface area contributed by atoms with Crippen LogP contribution >= 0.6 is 0 Å². The summed E-state index contributed by atoms with van der Waals surface area (Å²) >= 11 is 0. The second-order valence-electron chi connectivity index (χ2n) is 4.45. The SMILES string of the molecule is O=C(Nc1c(F)cccc1F)c1ocnc1-c1ccccc1. The van der Waals surface area contributed by atoms with Gasteiger partial charge in [0, 0.05) is 5.56 Å². The minimum Gasteiger partial charge on any atom is -0.438 e. The maximum Gasteiger partial charge on any atom is 0.293 e. The summed E-state index contributed by atoms with van der Waals surface area (Å²) in [5.41, 5.74) is 0.438. The number of carbonyl (C=O) groups excluding carboxylic acids is 1. The molecular weight excluding hydrogens is 290 g/mol. The molecule has 0 saturated carbocycles. The number of aromatic nitrogens is 1. The topological polar surface area (TPSA) is 55.1 Å². The Morgan fingerprint density at radius 3 is 2.36 bits per heavy atom. The van der Waals surface area contributed by atoms with Gasteiger partial charge >= 0.3 is 0 Å². The van der Waals surface area contributed by atoms with Gasteiger partial charge in [-0.15, -0.1) is 0 Å². The lowest BCUT2D eigenvalue weighted by atomic mass is 10.1. The first-order valence-corrected chi connectivity index (χ1v) is 6.41. The molecule has 1 heterocycles. The van der Waals surface area contributed by atoms with Gasteiger partial charge in [-0.3, -0.25) is 4.79 Å². The van der Waals surface area contributed by atoms with Crippen molar-refractivity contribution in [2.24, 2.45) is 0 Å². The van der Waals surface area contributed by atoms with Crippen LogP contribution in [-0.4, -0.2) is 10.9 Å². The number of nitrogens with one attached hydrogen (secondary N) is 1. The van der Waals surface area contributed by atoms with Gasteiger partial charge < -0.3 is 9.73 Å². The van der Waals surface area contributed by atoms with Crippen LogP contribution in [0, 0.1) is 11.6 Å². The van der Waals surface area contributed by atoms with E-state index in [-0.39, 0.29) is 5.76 Å². The van der Waals surface area contributed by atoms with E-state index in [1.54, 1.807) is 24.3 Å². The maximum atomic E-state index is 13.6. The van der Waals surface area contributed by atoms with Gasteiger partial charge in [0.25, 0.3) is 5.91 Å². The monoisotopic (exact) mass is 300 g/mol. The molecule has 4 nitrogen and oxygen atoms in total. The van der Waals surface area contributed by atoms with Gasteiger partial charge in [-0.2, -0.15) is 0 Å². The number of anilines is 1. The van der Waals surface area contributed by atoms with Crippen LogP contribution in [0.2, 0.25) is 0 Å². The normalized spacial score (nSPS) is 10.5. The highest BCUT2D eigenvalue weighted by Crippen LogP contribution is 2.24. The molecule has 2 aromatic carbocycles.